The second kappa shape index (κ2) is 3.56. The lowest BCUT2D eigenvalue weighted by molar-refractivity contribution is -0.120. The van der Waals surface area contributed by atoms with Gasteiger partial charge >= 0.3 is 0 Å². The molecule has 1 amide bonds. The van der Waals surface area contributed by atoms with Crippen LogP contribution in [0, 0.1) is 0 Å². The fourth-order valence-electron chi connectivity index (χ4n) is 0.784. The summed E-state index contributed by atoms with van der Waals surface area (Å²) in [5, 5.41) is 5.86. The predicted molar refractivity (Wildman–Crippen MR) is 39.7 cm³/mol. The third-order valence-corrected chi connectivity index (χ3v) is 1.50. The van der Waals surface area contributed by atoms with E-state index in [1.165, 1.54) is 12.8 Å². The molecule has 0 aromatic carbocycles. The molecule has 1 saturated carbocycles. The molecule has 0 aliphatic heterocycles. The first-order chi connectivity index (χ1) is 4.83. The lowest BCUT2D eigenvalue weighted by Gasteiger charge is -2.01. The number of carbonyl (C=O) groups excluding carboxylic acids is 1. The minimum atomic E-state index is 0.106. The quantitative estimate of drug-likeness (QED) is 0.574. The molecule has 0 aromatic heterocycles. The van der Waals surface area contributed by atoms with Crippen LogP contribution in [-0.4, -0.2) is 25.0 Å². The predicted octanol–water partition coefficient (Wildman–Crippen LogP) is -0.126. The number of carbonyl (C=O) groups is 1. The molecular weight excluding hydrogens is 128 g/mol. The van der Waals surface area contributed by atoms with Gasteiger partial charge < -0.3 is 10.6 Å². The Labute approximate surface area is 61.2 Å². The van der Waals surface area contributed by atoms with Gasteiger partial charge in [-0.3, -0.25) is 4.79 Å². The topological polar surface area (TPSA) is 41.1 Å². The number of rotatable bonds is 4. The zero-order valence-electron chi connectivity index (χ0n) is 6.31. The fourth-order valence-corrected chi connectivity index (χ4v) is 0.784. The maximum Gasteiger partial charge on any atom is 0.233 e. The Balaban J connectivity index is 1.94. The Hall–Kier alpha value is -0.570. The van der Waals surface area contributed by atoms with E-state index in [9.17, 15) is 4.79 Å². The van der Waals surface area contributed by atoms with Crippen LogP contribution in [-0.2, 0) is 4.79 Å². The summed E-state index contributed by atoms with van der Waals surface area (Å²) < 4.78 is 0. The van der Waals surface area contributed by atoms with Gasteiger partial charge in [0.25, 0.3) is 0 Å². The Kier molecular flexibility index (Phi) is 2.68. The van der Waals surface area contributed by atoms with Gasteiger partial charge in [-0.15, -0.1) is 0 Å². The van der Waals surface area contributed by atoms with Crippen molar-refractivity contribution < 1.29 is 4.79 Å². The second-order valence-electron chi connectivity index (χ2n) is 2.61. The number of hydrogen-bond acceptors (Lipinski definition) is 2. The molecule has 1 rings (SSSR count). The summed E-state index contributed by atoms with van der Waals surface area (Å²) in [5.74, 6) is 0.106. The standard InChI is InChI=1S/C7H14N2O/c1-2-8-7(10)5-9-6-3-4-6/h6,9H,2-5H2,1H3,(H,8,10). The van der Waals surface area contributed by atoms with Crippen molar-refractivity contribution >= 4 is 5.91 Å². The highest BCUT2D eigenvalue weighted by atomic mass is 16.1. The summed E-state index contributed by atoms with van der Waals surface area (Å²) in [7, 11) is 0. The fraction of sp³-hybridized carbons (Fsp3) is 0.857. The van der Waals surface area contributed by atoms with Crippen molar-refractivity contribution in [3.63, 3.8) is 0 Å². The van der Waals surface area contributed by atoms with Crippen LogP contribution in [0.2, 0.25) is 0 Å². The van der Waals surface area contributed by atoms with E-state index >= 15 is 0 Å². The summed E-state index contributed by atoms with van der Waals surface area (Å²) in [5.41, 5.74) is 0. The van der Waals surface area contributed by atoms with Gasteiger partial charge in [-0.25, -0.2) is 0 Å². The van der Waals surface area contributed by atoms with E-state index in [1.54, 1.807) is 0 Å². The molecule has 1 fully saturated rings. The lowest BCUT2D eigenvalue weighted by Crippen LogP contribution is -2.34. The maximum absolute atomic E-state index is 10.8. The molecule has 3 nitrogen and oxygen atoms in total. The summed E-state index contributed by atoms with van der Waals surface area (Å²) in [6.45, 7) is 3.14. The van der Waals surface area contributed by atoms with Crippen molar-refractivity contribution in [1.82, 2.24) is 10.6 Å². The van der Waals surface area contributed by atoms with Crippen molar-refractivity contribution in [2.45, 2.75) is 25.8 Å². The van der Waals surface area contributed by atoms with E-state index in [4.69, 9.17) is 0 Å². The van der Waals surface area contributed by atoms with E-state index < -0.39 is 0 Å². The SMILES string of the molecule is CCNC(=O)CNC1CC1. The van der Waals surface area contributed by atoms with Crippen LogP contribution < -0.4 is 10.6 Å². The Morgan fingerprint density at radius 1 is 1.60 bits per heavy atom. The van der Waals surface area contributed by atoms with Gasteiger partial charge in [0.1, 0.15) is 0 Å². The summed E-state index contributed by atoms with van der Waals surface area (Å²) in [4.78, 5) is 10.8. The molecule has 3 heteroatoms. The van der Waals surface area contributed by atoms with E-state index in [1.807, 2.05) is 6.92 Å². The lowest BCUT2D eigenvalue weighted by atomic mass is 10.5. The molecule has 10 heavy (non-hydrogen) atoms. The van der Waals surface area contributed by atoms with Gasteiger partial charge in [-0.1, -0.05) is 0 Å². The van der Waals surface area contributed by atoms with Crippen LogP contribution in [0.4, 0.5) is 0 Å². The third kappa shape index (κ3) is 2.82. The van der Waals surface area contributed by atoms with Crippen LogP contribution in [0.25, 0.3) is 0 Å². The molecule has 1 aliphatic carbocycles. The number of hydrogen-bond donors (Lipinski definition) is 2. The van der Waals surface area contributed by atoms with Gasteiger partial charge in [0.2, 0.25) is 5.91 Å². The minimum Gasteiger partial charge on any atom is -0.355 e. The molecule has 0 saturated heterocycles. The number of nitrogens with one attached hydrogen (secondary N) is 2. The van der Waals surface area contributed by atoms with Crippen molar-refractivity contribution in [3.8, 4) is 0 Å². The van der Waals surface area contributed by atoms with Crippen LogP contribution in [0.1, 0.15) is 19.8 Å². The largest absolute Gasteiger partial charge is 0.355 e. The average Bonchev–Trinajstić information content (AvgIpc) is 2.67. The molecule has 0 radical (unpaired) electrons. The van der Waals surface area contributed by atoms with E-state index in [0.29, 0.717) is 12.6 Å². The van der Waals surface area contributed by atoms with Crippen LogP contribution in [0.5, 0.6) is 0 Å². The molecule has 0 aromatic rings. The van der Waals surface area contributed by atoms with Crippen molar-refractivity contribution in [2.75, 3.05) is 13.1 Å². The molecule has 0 spiro atoms. The highest BCUT2D eigenvalue weighted by Crippen LogP contribution is 2.17. The Morgan fingerprint density at radius 3 is 2.80 bits per heavy atom. The minimum absolute atomic E-state index is 0.106. The van der Waals surface area contributed by atoms with Gasteiger partial charge in [-0.05, 0) is 19.8 Å². The molecule has 58 valence electrons. The van der Waals surface area contributed by atoms with Crippen LogP contribution >= 0.6 is 0 Å². The van der Waals surface area contributed by atoms with Gasteiger partial charge in [0, 0.05) is 12.6 Å². The number of likely N-dealkylation sites (N-methyl/N-ethyl adjacent to an activating group) is 1. The molecule has 0 heterocycles. The molecular formula is C7H14N2O. The first-order valence-corrected chi connectivity index (χ1v) is 3.83. The van der Waals surface area contributed by atoms with E-state index in [2.05, 4.69) is 10.6 Å². The molecule has 0 unspecified atom stereocenters. The molecule has 0 bridgehead atoms. The number of amides is 1. The first kappa shape index (κ1) is 7.54. The Morgan fingerprint density at radius 2 is 2.30 bits per heavy atom. The van der Waals surface area contributed by atoms with Gasteiger partial charge in [0.15, 0.2) is 0 Å². The summed E-state index contributed by atoms with van der Waals surface area (Å²) in [6.07, 6.45) is 2.47. The smallest absolute Gasteiger partial charge is 0.233 e. The van der Waals surface area contributed by atoms with Gasteiger partial charge in [-0.2, -0.15) is 0 Å². The normalized spacial score (nSPS) is 16.9. The first-order valence-electron chi connectivity index (χ1n) is 3.83. The van der Waals surface area contributed by atoms with Gasteiger partial charge in [0.05, 0.1) is 6.54 Å². The van der Waals surface area contributed by atoms with Crippen molar-refractivity contribution in [3.05, 3.63) is 0 Å². The third-order valence-electron chi connectivity index (χ3n) is 1.50. The van der Waals surface area contributed by atoms with Crippen LogP contribution in [0.15, 0.2) is 0 Å². The van der Waals surface area contributed by atoms with Crippen molar-refractivity contribution in [2.24, 2.45) is 0 Å². The zero-order valence-corrected chi connectivity index (χ0v) is 6.31. The molecule has 0 atom stereocenters. The van der Waals surface area contributed by atoms with E-state index in [0.717, 1.165) is 6.54 Å². The maximum atomic E-state index is 10.8. The highest BCUT2D eigenvalue weighted by Gasteiger charge is 2.20. The van der Waals surface area contributed by atoms with Crippen LogP contribution in [0.3, 0.4) is 0 Å². The van der Waals surface area contributed by atoms with Crippen molar-refractivity contribution in [1.29, 1.82) is 0 Å². The summed E-state index contributed by atoms with van der Waals surface area (Å²) in [6, 6.07) is 0.627. The van der Waals surface area contributed by atoms with E-state index in [-0.39, 0.29) is 5.91 Å². The molecule has 1 aliphatic rings. The zero-order chi connectivity index (χ0) is 7.40. The average molecular weight is 142 g/mol. The Bertz CT molecular complexity index is 121. The molecule has 2 N–H and O–H groups in total. The summed E-state index contributed by atoms with van der Waals surface area (Å²) >= 11 is 0. The highest BCUT2D eigenvalue weighted by molar-refractivity contribution is 5.77. The monoisotopic (exact) mass is 142 g/mol. The second-order valence-corrected chi connectivity index (χ2v) is 2.61.